The summed E-state index contributed by atoms with van der Waals surface area (Å²) in [6.07, 6.45) is 1.82. The van der Waals surface area contributed by atoms with E-state index in [-0.39, 0.29) is 0 Å². The molecule has 15 heavy (non-hydrogen) atoms. The molecule has 0 unspecified atom stereocenters. The van der Waals surface area contributed by atoms with Gasteiger partial charge in [0.25, 0.3) is 0 Å². The van der Waals surface area contributed by atoms with Gasteiger partial charge in [-0.05, 0) is 43.2 Å². The summed E-state index contributed by atoms with van der Waals surface area (Å²) in [5.74, 6) is 0. The molecule has 0 aliphatic carbocycles. The van der Waals surface area contributed by atoms with Crippen molar-refractivity contribution < 1.29 is 0 Å². The zero-order chi connectivity index (χ0) is 11.0. The molecule has 0 amide bonds. The summed E-state index contributed by atoms with van der Waals surface area (Å²) in [4.78, 5) is 0. The number of aromatic nitrogens is 2. The van der Waals surface area contributed by atoms with Crippen molar-refractivity contribution in [3.05, 3.63) is 40.0 Å². The normalized spacial score (nSPS) is 10.7. The molecular formula is C12H13BrN2. The maximum atomic E-state index is 4.18. The third-order valence-corrected chi connectivity index (χ3v) is 3.80. The molecule has 0 saturated carbocycles. The van der Waals surface area contributed by atoms with E-state index in [2.05, 4.69) is 47.0 Å². The Morgan fingerprint density at radius 2 is 1.80 bits per heavy atom. The van der Waals surface area contributed by atoms with E-state index in [0.717, 1.165) is 5.69 Å². The molecule has 0 saturated heterocycles. The molecular weight excluding hydrogens is 252 g/mol. The number of aryl methyl sites for hydroxylation is 3. The fourth-order valence-corrected chi connectivity index (χ4v) is 1.98. The average Bonchev–Trinajstić information content (AvgIpc) is 2.60. The predicted octanol–water partition coefficient (Wildman–Crippen LogP) is 3.47. The van der Waals surface area contributed by atoms with Crippen LogP contribution in [-0.4, -0.2) is 9.78 Å². The van der Waals surface area contributed by atoms with Gasteiger partial charge in [-0.25, -0.2) is 0 Å². The van der Waals surface area contributed by atoms with Crippen molar-refractivity contribution in [1.82, 2.24) is 9.78 Å². The van der Waals surface area contributed by atoms with Gasteiger partial charge in [-0.1, -0.05) is 15.9 Å². The van der Waals surface area contributed by atoms with Gasteiger partial charge in [-0.2, -0.15) is 5.10 Å². The Morgan fingerprint density at radius 3 is 2.27 bits per heavy atom. The summed E-state index contributed by atoms with van der Waals surface area (Å²) in [7, 11) is 1.96. The Bertz CT molecular complexity index is 477. The van der Waals surface area contributed by atoms with Crippen LogP contribution in [0.25, 0.3) is 11.3 Å². The van der Waals surface area contributed by atoms with Gasteiger partial charge in [0.05, 0.1) is 5.69 Å². The minimum absolute atomic E-state index is 1.15. The molecule has 2 nitrogen and oxygen atoms in total. The van der Waals surface area contributed by atoms with Crippen molar-refractivity contribution in [2.24, 2.45) is 7.05 Å². The van der Waals surface area contributed by atoms with E-state index in [9.17, 15) is 0 Å². The van der Waals surface area contributed by atoms with Crippen LogP contribution < -0.4 is 0 Å². The Labute approximate surface area is 98.1 Å². The highest BCUT2D eigenvalue weighted by Gasteiger charge is 2.06. The summed E-state index contributed by atoms with van der Waals surface area (Å²) < 4.78 is 3.08. The van der Waals surface area contributed by atoms with Gasteiger partial charge in [0.1, 0.15) is 0 Å². The molecule has 0 aliphatic heterocycles. The summed E-state index contributed by atoms with van der Waals surface area (Å²) in [5, 5.41) is 4.18. The summed E-state index contributed by atoms with van der Waals surface area (Å²) in [6, 6.07) is 6.38. The lowest BCUT2D eigenvalue weighted by Gasteiger charge is -2.08. The minimum Gasteiger partial charge on any atom is -0.268 e. The highest BCUT2D eigenvalue weighted by molar-refractivity contribution is 9.10. The van der Waals surface area contributed by atoms with Crippen LogP contribution in [0.3, 0.4) is 0 Å². The highest BCUT2D eigenvalue weighted by atomic mass is 79.9. The number of nitrogens with zero attached hydrogens (tertiary/aromatic N) is 2. The monoisotopic (exact) mass is 264 g/mol. The lowest BCUT2D eigenvalue weighted by Crippen LogP contribution is -1.94. The van der Waals surface area contributed by atoms with Crippen molar-refractivity contribution in [3.63, 3.8) is 0 Å². The summed E-state index contributed by atoms with van der Waals surface area (Å²) >= 11 is 3.57. The molecule has 1 aromatic carbocycles. The first kappa shape index (κ1) is 10.4. The maximum absolute atomic E-state index is 4.18. The summed E-state index contributed by atoms with van der Waals surface area (Å²) in [5.41, 5.74) is 4.87. The largest absolute Gasteiger partial charge is 0.268 e. The predicted molar refractivity (Wildman–Crippen MR) is 65.8 cm³/mol. The quantitative estimate of drug-likeness (QED) is 0.772. The van der Waals surface area contributed by atoms with E-state index in [0.29, 0.717) is 0 Å². The van der Waals surface area contributed by atoms with E-state index >= 15 is 0 Å². The van der Waals surface area contributed by atoms with Gasteiger partial charge < -0.3 is 0 Å². The highest BCUT2D eigenvalue weighted by Crippen LogP contribution is 2.27. The van der Waals surface area contributed by atoms with E-state index in [1.165, 1.54) is 21.2 Å². The van der Waals surface area contributed by atoms with Gasteiger partial charge in [-0.3, -0.25) is 4.68 Å². The number of rotatable bonds is 1. The first-order chi connectivity index (χ1) is 7.09. The maximum Gasteiger partial charge on any atom is 0.0679 e. The molecule has 1 aromatic heterocycles. The van der Waals surface area contributed by atoms with Crippen LogP contribution in [0.1, 0.15) is 11.1 Å². The van der Waals surface area contributed by atoms with Gasteiger partial charge in [0.2, 0.25) is 0 Å². The van der Waals surface area contributed by atoms with Gasteiger partial charge in [-0.15, -0.1) is 0 Å². The fraction of sp³-hybridized carbons (Fsp3) is 0.250. The second kappa shape index (κ2) is 3.81. The van der Waals surface area contributed by atoms with Crippen LogP contribution in [0.15, 0.2) is 28.9 Å². The lowest BCUT2D eigenvalue weighted by molar-refractivity contribution is 0.775. The van der Waals surface area contributed by atoms with E-state index in [1.807, 2.05) is 24.0 Å². The fourth-order valence-electron chi connectivity index (χ4n) is 1.75. The third-order valence-electron chi connectivity index (χ3n) is 2.55. The zero-order valence-corrected chi connectivity index (χ0v) is 10.7. The van der Waals surface area contributed by atoms with Gasteiger partial charge in [0.15, 0.2) is 0 Å². The first-order valence-corrected chi connectivity index (χ1v) is 5.64. The molecule has 0 spiro atoms. The van der Waals surface area contributed by atoms with Crippen LogP contribution in [0, 0.1) is 13.8 Å². The second-order valence-electron chi connectivity index (χ2n) is 3.76. The topological polar surface area (TPSA) is 17.8 Å². The van der Waals surface area contributed by atoms with Crippen molar-refractivity contribution in [2.75, 3.05) is 0 Å². The Morgan fingerprint density at radius 1 is 1.20 bits per heavy atom. The van der Waals surface area contributed by atoms with Crippen LogP contribution in [0.4, 0.5) is 0 Å². The van der Waals surface area contributed by atoms with Gasteiger partial charge in [0, 0.05) is 23.3 Å². The molecule has 1 heterocycles. The van der Waals surface area contributed by atoms with Crippen LogP contribution >= 0.6 is 15.9 Å². The number of benzene rings is 1. The molecule has 2 rings (SSSR count). The molecule has 2 aromatic rings. The molecule has 3 heteroatoms. The van der Waals surface area contributed by atoms with Crippen LogP contribution in [0.5, 0.6) is 0 Å². The SMILES string of the molecule is Cc1cc(-c2ccnn2C)cc(C)c1Br. The van der Waals surface area contributed by atoms with Crippen molar-refractivity contribution in [2.45, 2.75) is 13.8 Å². The second-order valence-corrected chi connectivity index (χ2v) is 4.56. The molecule has 78 valence electrons. The molecule has 0 fully saturated rings. The molecule has 0 radical (unpaired) electrons. The van der Waals surface area contributed by atoms with Crippen molar-refractivity contribution in [1.29, 1.82) is 0 Å². The molecule has 0 N–H and O–H groups in total. The Balaban J connectivity index is 2.60. The zero-order valence-electron chi connectivity index (χ0n) is 9.08. The smallest absolute Gasteiger partial charge is 0.0679 e. The van der Waals surface area contributed by atoms with Crippen LogP contribution in [0.2, 0.25) is 0 Å². The first-order valence-electron chi connectivity index (χ1n) is 4.84. The lowest BCUT2D eigenvalue weighted by atomic mass is 10.1. The number of halogens is 1. The Kier molecular flexibility index (Phi) is 2.65. The number of hydrogen-bond acceptors (Lipinski definition) is 1. The number of hydrogen-bond donors (Lipinski definition) is 0. The minimum atomic E-state index is 1.15. The summed E-state index contributed by atoms with van der Waals surface area (Å²) in [6.45, 7) is 4.22. The molecule has 0 aliphatic rings. The van der Waals surface area contributed by atoms with E-state index < -0.39 is 0 Å². The van der Waals surface area contributed by atoms with E-state index in [4.69, 9.17) is 0 Å². The van der Waals surface area contributed by atoms with Gasteiger partial charge >= 0.3 is 0 Å². The van der Waals surface area contributed by atoms with Crippen molar-refractivity contribution in [3.8, 4) is 11.3 Å². The van der Waals surface area contributed by atoms with Crippen molar-refractivity contribution >= 4 is 15.9 Å². The van der Waals surface area contributed by atoms with Crippen LogP contribution in [-0.2, 0) is 7.05 Å². The average molecular weight is 265 g/mol. The third kappa shape index (κ3) is 1.84. The standard InChI is InChI=1S/C12H13BrN2/c1-8-6-10(7-9(2)12(8)13)11-4-5-14-15(11)3/h4-7H,1-3H3. The van der Waals surface area contributed by atoms with E-state index in [1.54, 1.807) is 0 Å². The Hall–Kier alpha value is -1.09. The molecule has 0 atom stereocenters. The molecule has 0 bridgehead atoms.